The number of nitrogens with one attached hydrogen (secondary N) is 3. The Morgan fingerprint density at radius 2 is 1.57 bits per heavy atom. The van der Waals surface area contributed by atoms with Gasteiger partial charge in [0, 0.05) is 19.1 Å². The number of hydrogen-bond acceptors (Lipinski definition) is 4. The van der Waals surface area contributed by atoms with Gasteiger partial charge in [-0.25, -0.2) is 14.0 Å². The Balaban J connectivity index is 1.69. The molecule has 2 aromatic rings. The van der Waals surface area contributed by atoms with Crippen LogP contribution in [0.15, 0.2) is 48.5 Å². The minimum Gasteiger partial charge on any atom is -0.452 e. The number of esters is 1. The van der Waals surface area contributed by atoms with Crippen molar-refractivity contribution in [2.45, 2.75) is 32.9 Å². The summed E-state index contributed by atoms with van der Waals surface area (Å²) in [5, 5.41) is 8.08. The van der Waals surface area contributed by atoms with Crippen LogP contribution in [0.25, 0.3) is 0 Å². The molecule has 0 heterocycles. The van der Waals surface area contributed by atoms with Gasteiger partial charge in [0.15, 0.2) is 6.61 Å². The second-order valence-corrected chi connectivity index (χ2v) is 6.98. The molecule has 0 bridgehead atoms. The van der Waals surface area contributed by atoms with E-state index in [1.54, 1.807) is 36.4 Å². The van der Waals surface area contributed by atoms with Crippen LogP contribution in [0.5, 0.6) is 0 Å². The van der Waals surface area contributed by atoms with Gasteiger partial charge >= 0.3 is 12.0 Å². The summed E-state index contributed by atoms with van der Waals surface area (Å²) in [5.74, 6) is -1.33. The minimum atomic E-state index is -0.610. The Labute approximate surface area is 175 Å². The van der Waals surface area contributed by atoms with Crippen LogP contribution in [0.3, 0.4) is 0 Å². The molecule has 160 valence electrons. The van der Waals surface area contributed by atoms with E-state index in [0.29, 0.717) is 25.1 Å². The first-order valence-corrected chi connectivity index (χ1v) is 9.65. The van der Waals surface area contributed by atoms with Crippen molar-refractivity contribution in [1.82, 2.24) is 16.0 Å². The first kappa shape index (κ1) is 22.9. The standard InChI is InChI=1S/C22H26FN3O4/c1-15(2)26-22(29)25-13-17-3-7-18(8-4-17)21(28)30-14-20(27)24-12-11-16-5-9-19(23)10-6-16/h3-10,15H,11-14H2,1-2H3,(H,24,27)(H2,25,26,29). The molecule has 0 saturated heterocycles. The van der Waals surface area contributed by atoms with E-state index in [2.05, 4.69) is 16.0 Å². The molecule has 2 rings (SSSR count). The van der Waals surface area contributed by atoms with Crippen molar-refractivity contribution in [2.24, 2.45) is 0 Å². The molecule has 0 aliphatic rings. The molecule has 3 amide bonds. The number of halogens is 1. The Morgan fingerprint density at radius 1 is 0.933 bits per heavy atom. The summed E-state index contributed by atoms with van der Waals surface area (Å²) in [5.41, 5.74) is 2.03. The molecule has 0 atom stereocenters. The summed E-state index contributed by atoms with van der Waals surface area (Å²) in [6.45, 7) is 4.02. The number of hydrogen-bond donors (Lipinski definition) is 3. The Morgan fingerprint density at radius 3 is 2.20 bits per heavy atom. The summed E-state index contributed by atoms with van der Waals surface area (Å²) in [6.07, 6.45) is 0.546. The first-order chi connectivity index (χ1) is 14.3. The fourth-order valence-electron chi connectivity index (χ4n) is 2.52. The molecule has 0 aromatic heterocycles. The average molecular weight is 415 g/mol. The lowest BCUT2D eigenvalue weighted by Gasteiger charge is -2.10. The molecule has 0 unspecified atom stereocenters. The maximum atomic E-state index is 12.8. The third kappa shape index (κ3) is 8.30. The van der Waals surface area contributed by atoms with Crippen molar-refractivity contribution in [3.8, 4) is 0 Å². The van der Waals surface area contributed by atoms with Crippen LogP contribution in [0.2, 0.25) is 0 Å². The number of benzene rings is 2. The summed E-state index contributed by atoms with van der Waals surface area (Å²) in [6, 6.07) is 12.4. The van der Waals surface area contributed by atoms with Crippen molar-refractivity contribution in [2.75, 3.05) is 13.2 Å². The van der Waals surface area contributed by atoms with Gasteiger partial charge in [-0.2, -0.15) is 0 Å². The Hall–Kier alpha value is -3.42. The molecule has 0 aliphatic heterocycles. The lowest BCUT2D eigenvalue weighted by Crippen LogP contribution is -2.39. The molecule has 8 heteroatoms. The van der Waals surface area contributed by atoms with Crippen LogP contribution in [0, 0.1) is 5.82 Å². The molecule has 2 aromatic carbocycles. The highest BCUT2D eigenvalue weighted by Crippen LogP contribution is 2.06. The second kappa shape index (κ2) is 11.5. The zero-order valence-electron chi connectivity index (χ0n) is 17.0. The molecule has 30 heavy (non-hydrogen) atoms. The number of amides is 3. The first-order valence-electron chi connectivity index (χ1n) is 9.65. The van der Waals surface area contributed by atoms with Gasteiger partial charge in [0.25, 0.3) is 5.91 Å². The van der Waals surface area contributed by atoms with Gasteiger partial charge in [0.2, 0.25) is 0 Å². The number of carbonyl (C=O) groups is 3. The smallest absolute Gasteiger partial charge is 0.338 e. The van der Waals surface area contributed by atoms with Crippen molar-refractivity contribution >= 4 is 17.9 Å². The lowest BCUT2D eigenvalue weighted by molar-refractivity contribution is -0.124. The summed E-state index contributed by atoms with van der Waals surface area (Å²) >= 11 is 0. The average Bonchev–Trinajstić information content (AvgIpc) is 2.72. The quantitative estimate of drug-likeness (QED) is 0.549. The van der Waals surface area contributed by atoms with Gasteiger partial charge in [-0.15, -0.1) is 0 Å². The van der Waals surface area contributed by atoms with Crippen LogP contribution in [0.4, 0.5) is 9.18 Å². The van der Waals surface area contributed by atoms with E-state index in [1.807, 2.05) is 13.8 Å². The highest BCUT2D eigenvalue weighted by Gasteiger charge is 2.10. The number of urea groups is 1. The normalized spacial score (nSPS) is 10.4. The predicted octanol–water partition coefficient (Wildman–Crippen LogP) is 2.55. The van der Waals surface area contributed by atoms with Crippen LogP contribution >= 0.6 is 0 Å². The summed E-state index contributed by atoms with van der Waals surface area (Å²) < 4.78 is 17.9. The van der Waals surface area contributed by atoms with Gasteiger partial charge in [-0.3, -0.25) is 4.79 Å². The molecular formula is C22H26FN3O4. The van der Waals surface area contributed by atoms with Crippen molar-refractivity contribution in [3.05, 3.63) is 71.0 Å². The topological polar surface area (TPSA) is 96.5 Å². The monoisotopic (exact) mass is 415 g/mol. The van der Waals surface area contributed by atoms with E-state index >= 15 is 0 Å². The summed E-state index contributed by atoms with van der Waals surface area (Å²) in [7, 11) is 0. The van der Waals surface area contributed by atoms with Crippen LogP contribution in [0.1, 0.15) is 35.3 Å². The van der Waals surface area contributed by atoms with Crippen LogP contribution < -0.4 is 16.0 Å². The van der Waals surface area contributed by atoms with E-state index in [9.17, 15) is 18.8 Å². The van der Waals surface area contributed by atoms with E-state index in [0.717, 1.165) is 11.1 Å². The fraction of sp³-hybridized carbons (Fsp3) is 0.318. The lowest BCUT2D eigenvalue weighted by atomic mass is 10.1. The van der Waals surface area contributed by atoms with Gasteiger partial charge in [-0.05, 0) is 55.7 Å². The minimum absolute atomic E-state index is 0.0438. The number of carbonyl (C=O) groups excluding carboxylic acids is 3. The summed E-state index contributed by atoms with van der Waals surface area (Å²) in [4.78, 5) is 35.4. The van der Waals surface area contributed by atoms with Gasteiger partial charge in [-0.1, -0.05) is 24.3 Å². The fourth-order valence-corrected chi connectivity index (χ4v) is 2.52. The molecule has 0 saturated carbocycles. The largest absolute Gasteiger partial charge is 0.452 e. The molecule has 0 spiro atoms. The predicted molar refractivity (Wildman–Crippen MR) is 110 cm³/mol. The third-order valence-electron chi connectivity index (χ3n) is 4.05. The van der Waals surface area contributed by atoms with E-state index in [1.165, 1.54) is 12.1 Å². The molecule has 3 N–H and O–H groups in total. The zero-order chi connectivity index (χ0) is 21.9. The maximum absolute atomic E-state index is 12.8. The zero-order valence-corrected chi connectivity index (χ0v) is 17.0. The van der Waals surface area contributed by atoms with Gasteiger partial charge in [0.1, 0.15) is 5.82 Å². The van der Waals surface area contributed by atoms with Crippen molar-refractivity contribution in [3.63, 3.8) is 0 Å². The highest BCUT2D eigenvalue weighted by molar-refractivity contribution is 5.91. The van der Waals surface area contributed by atoms with Crippen LogP contribution in [-0.4, -0.2) is 37.1 Å². The molecule has 0 fully saturated rings. The molecule has 0 radical (unpaired) electrons. The van der Waals surface area contributed by atoms with Crippen molar-refractivity contribution < 1.29 is 23.5 Å². The third-order valence-corrected chi connectivity index (χ3v) is 4.05. The Kier molecular flexibility index (Phi) is 8.80. The van der Waals surface area contributed by atoms with Gasteiger partial charge in [0.05, 0.1) is 5.56 Å². The molecule has 0 aliphatic carbocycles. The highest BCUT2D eigenvalue weighted by atomic mass is 19.1. The van der Waals surface area contributed by atoms with E-state index < -0.39 is 11.9 Å². The maximum Gasteiger partial charge on any atom is 0.338 e. The van der Waals surface area contributed by atoms with E-state index in [-0.39, 0.29) is 24.5 Å². The molecular weight excluding hydrogens is 389 g/mol. The number of ether oxygens (including phenoxy) is 1. The Bertz CT molecular complexity index is 852. The molecule has 7 nitrogen and oxygen atoms in total. The van der Waals surface area contributed by atoms with Gasteiger partial charge < -0.3 is 20.7 Å². The van der Waals surface area contributed by atoms with E-state index in [4.69, 9.17) is 4.74 Å². The SMILES string of the molecule is CC(C)NC(=O)NCc1ccc(C(=O)OCC(=O)NCCc2ccc(F)cc2)cc1. The number of rotatable bonds is 9. The van der Waals surface area contributed by atoms with Crippen molar-refractivity contribution in [1.29, 1.82) is 0 Å². The second-order valence-electron chi connectivity index (χ2n) is 6.98. The van der Waals surface area contributed by atoms with Crippen LogP contribution in [-0.2, 0) is 22.5 Å².